The molecule has 6 nitrogen and oxygen atoms in total. The summed E-state index contributed by atoms with van der Waals surface area (Å²) in [7, 11) is -1.48. The first-order chi connectivity index (χ1) is 16.5. The number of halogens is 3. The average molecular weight is 521 g/mol. The van der Waals surface area contributed by atoms with Crippen LogP contribution in [0.25, 0.3) is 21.0 Å². The fourth-order valence-electron chi connectivity index (χ4n) is 3.58. The zero-order valence-corrected chi connectivity index (χ0v) is 20.7. The first kappa shape index (κ1) is 25.1. The van der Waals surface area contributed by atoms with Crippen molar-refractivity contribution in [1.82, 2.24) is 19.7 Å². The van der Waals surface area contributed by atoms with Crippen LogP contribution in [0.15, 0.2) is 71.9 Å². The van der Waals surface area contributed by atoms with Crippen LogP contribution in [0.1, 0.15) is 11.3 Å². The largest absolute Gasteiger partial charge is 0.435 e. The van der Waals surface area contributed by atoms with Crippen molar-refractivity contribution < 1.29 is 21.6 Å². The van der Waals surface area contributed by atoms with E-state index < -0.39 is 21.7 Å². The number of likely N-dealkylation sites (N-methyl/N-ethyl adjacent to an activating group) is 1. The fraction of sp³-hybridized carbons (Fsp3) is 0.250. The highest BCUT2D eigenvalue weighted by Gasteiger charge is 2.35. The summed E-state index contributed by atoms with van der Waals surface area (Å²) in [5.41, 5.74) is 1.16. The van der Waals surface area contributed by atoms with Crippen molar-refractivity contribution in [2.24, 2.45) is 0 Å². The van der Waals surface area contributed by atoms with Crippen LogP contribution >= 0.6 is 11.3 Å². The molecule has 0 aliphatic carbocycles. The van der Waals surface area contributed by atoms with Gasteiger partial charge in [-0.1, -0.05) is 12.1 Å². The van der Waals surface area contributed by atoms with Crippen LogP contribution in [0.2, 0.25) is 0 Å². The van der Waals surface area contributed by atoms with Gasteiger partial charge in [0.1, 0.15) is 0 Å². The second-order valence-corrected chi connectivity index (χ2v) is 11.3. The summed E-state index contributed by atoms with van der Waals surface area (Å²) in [4.78, 5) is 7.55. The predicted molar refractivity (Wildman–Crippen MR) is 130 cm³/mol. The molecule has 3 heterocycles. The van der Waals surface area contributed by atoms with E-state index in [4.69, 9.17) is 0 Å². The zero-order valence-electron chi connectivity index (χ0n) is 19.0. The van der Waals surface area contributed by atoms with Crippen LogP contribution in [-0.4, -0.2) is 47.9 Å². The number of nitrogens with zero attached hydrogens (tertiary/aromatic N) is 4. The lowest BCUT2D eigenvalue weighted by Crippen LogP contribution is -2.23. The van der Waals surface area contributed by atoms with Gasteiger partial charge in [-0.05, 0) is 60.6 Å². The number of alkyl halides is 3. The van der Waals surface area contributed by atoms with E-state index in [2.05, 4.69) is 10.1 Å². The molecular formula is C24H23F3N4O2S2. The molecule has 4 aromatic rings. The van der Waals surface area contributed by atoms with Crippen LogP contribution in [0.3, 0.4) is 0 Å². The summed E-state index contributed by atoms with van der Waals surface area (Å²) in [5, 5.41) is 3.85. The second kappa shape index (κ2) is 9.92. The monoisotopic (exact) mass is 520 g/mol. The van der Waals surface area contributed by atoms with Gasteiger partial charge in [0.05, 0.1) is 22.0 Å². The van der Waals surface area contributed by atoms with Gasteiger partial charge in [0, 0.05) is 36.6 Å². The third kappa shape index (κ3) is 6.16. The van der Waals surface area contributed by atoms with Crippen molar-refractivity contribution in [3.05, 3.63) is 78.2 Å². The topological polar surface area (TPSA) is 68.1 Å². The highest BCUT2D eigenvalue weighted by atomic mass is 32.2. The highest BCUT2D eigenvalue weighted by Crippen LogP contribution is 2.38. The first-order valence-corrected chi connectivity index (χ1v) is 13.3. The molecule has 0 aliphatic rings. The highest BCUT2D eigenvalue weighted by molar-refractivity contribution is 7.90. The maximum absolute atomic E-state index is 13.5. The molecule has 0 fully saturated rings. The van der Waals surface area contributed by atoms with Crippen molar-refractivity contribution in [3.63, 3.8) is 0 Å². The molecule has 1 aromatic carbocycles. The molecule has 0 spiro atoms. The van der Waals surface area contributed by atoms with E-state index in [1.165, 1.54) is 22.1 Å². The van der Waals surface area contributed by atoms with Gasteiger partial charge < -0.3 is 4.90 Å². The molecule has 0 N–H and O–H groups in total. The third-order valence-electron chi connectivity index (χ3n) is 5.37. The van der Waals surface area contributed by atoms with Gasteiger partial charge in [-0.2, -0.15) is 18.3 Å². The molecule has 4 rings (SSSR count). The van der Waals surface area contributed by atoms with Gasteiger partial charge in [0.15, 0.2) is 15.5 Å². The van der Waals surface area contributed by atoms with Gasteiger partial charge in [0.2, 0.25) is 0 Å². The Kier molecular flexibility index (Phi) is 7.11. The minimum Gasteiger partial charge on any atom is -0.300 e. The predicted octanol–water partition coefficient (Wildman–Crippen LogP) is 5.23. The van der Waals surface area contributed by atoms with Crippen LogP contribution in [0, 0.1) is 0 Å². The maximum Gasteiger partial charge on any atom is 0.435 e. The normalized spacial score (nSPS) is 12.4. The molecule has 0 unspecified atom stereocenters. The Bertz CT molecular complexity index is 1410. The molecule has 11 heteroatoms. The molecular weight excluding hydrogens is 497 g/mol. The molecule has 0 radical (unpaired) electrons. The molecule has 0 aliphatic heterocycles. The first-order valence-electron chi connectivity index (χ1n) is 10.6. The van der Waals surface area contributed by atoms with Crippen LogP contribution in [-0.2, 0) is 29.1 Å². The van der Waals surface area contributed by atoms with Crippen molar-refractivity contribution >= 4 is 21.2 Å². The number of benzene rings is 1. The van der Waals surface area contributed by atoms with Crippen LogP contribution < -0.4 is 0 Å². The zero-order chi connectivity index (χ0) is 25.2. The summed E-state index contributed by atoms with van der Waals surface area (Å²) >= 11 is 1.29. The van der Waals surface area contributed by atoms with E-state index in [0.717, 1.165) is 22.8 Å². The smallest absolute Gasteiger partial charge is 0.300 e. The molecule has 3 aromatic heterocycles. The van der Waals surface area contributed by atoms with Gasteiger partial charge in [-0.3, -0.25) is 9.67 Å². The quantitative estimate of drug-likeness (QED) is 0.318. The Labute approximate surface area is 205 Å². The lowest BCUT2D eigenvalue weighted by Gasteiger charge is -2.17. The summed E-state index contributed by atoms with van der Waals surface area (Å²) in [6.45, 7) is 1.39. The van der Waals surface area contributed by atoms with E-state index >= 15 is 0 Å². The average Bonchev–Trinajstić information content (AvgIpc) is 3.45. The molecule has 0 amide bonds. The summed E-state index contributed by atoms with van der Waals surface area (Å²) in [6, 6.07) is 14.9. The van der Waals surface area contributed by atoms with E-state index in [1.807, 2.05) is 24.1 Å². The fourth-order valence-corrected chi connectivity index (χ4v) is 5.27. The number of sulfone groups is 1. The molecule has 0 saturated heterocycles. The van der Waals surface area contributed by atoms with E-state index in [9.17, 15) is 21.6 Å². The SMILES string of the molecule is CN(CCn1nc(C(F)(F)F)cc1-c1ccc(-c2cccc(S(C)(=O)=O)c2)s1)Cc1ccncc1. The summed E-state index contributed by atoms with van der Waals surface area (Å²) < 4.78 is 65.6. The van der Waals surface area contributed by atoms with Crippen LogP contribution in [0.5, 0.6) is 0 Å². The molecule has 35 heavy (non-hydrogen) atoms. The Balaban J connectivity index is 1.60. The summed E-state index contributed by atoms with van der Waals surface area (Å²) in [6.07, 6.45) is -0.0313. The Hall–Kier alpha value is -3.02. The Morgan fingerprint density at radius 3 is 2.43 bits per heavy atom. The number of pyridine rings is 1. The number of hydrogen-bond acceptors (Lipinski definition) is 6. The number of thiophene rings is 1. The second-order valence-electron chi connectivity index (χ2n) is 8.19. The van der Waals surface area contributed by atoms with Gasteiger partial charge >= 0.3 is 6.18 Å². The Morgan fingerprint density at radius 1 is 1.03 bits per heavy atom. The standard InChI is InChI=1S/C24H23F3N4O2S2/c1-30(16-17-8-10-28-11-9-17)12-13-31-20(15-23(29-31)24(25,26)27)22-7-6-21(34-22)18-4-3-5-19(14-18)35(2,32)33/h3-11,14-15H,12-13,16H2,1-2H3. The van der Waals surface area contributed by atoms with Gasteiger partial charge in [-0.25, -0.2) is 8.42 Å². The van der Waals surface area contributed by atoms with Gasteiger partial charge in [0.25, 0.3) is 0 Å². The van der Waals surface area contributed by atoms with Crippen LogP contribution in [0.4, 0.5) is 13.2 Å². The molecule has 0 atom stereocenters. The van der Waals surface area contributed by atoms with E-state index in [1.54, 1.807) is 42.7 Å². The number of rotatable bonds is 8. The molecule has 0 bridgehead atoms. The van der Waals surface area contributed by atoms with E-state index in [-0.39, 0.29) is 11.4 Å². The van der Waals surface area contributed by atoms with Crippen molar-refractivity contribution in [3.8, 4) is 21.0 Å². The Morgan fingerprint density at radius 2 is 1.74 bits per heavy atom. The van der Waals surface area contributed by atoms with E-state index in [0.29, 0.717) is 29.2 Å². The number of hydrogen-bond donors (Lipinski definition) is 0. The number of aromatic nitrogens is 3. The summed E-state index contributed by atoms with van der Waals surface area (Å²) in [5.74, 6) is 0. The van der Waals surface area contributed by atoms with Crippen molar-refractivity contribution in [1.29, 1.82) is 0 Å². The lowest BCUT2D eigenvalue weighted by atomic mass is 10.2. The minimum absolute atomic E-state index is 0.187. The molecule has 0 saturated carbocycles. The van der Waals surface area contributed by atoms with Gasteiger partial charge in [-0.15, -0.1) is 11.3 Å². The maximum atomic E-state index is 13.5. The minimum atomic E-state index is -4.56. The third-order valence-corrected chi connectivity index (χ3v) is 7.64. The van der Waals surface area contributed by atoms with Crippen molar-refractivity contribution in [2.75, 3.05) is 19.8 Å². The van der Waals surface area contributed by atoms with Crippen molar-refractivity contribution in [2.45, 2.75) is 24.2 Å². The molecule has 184 valence electrons. The lowest BCUT2D eigenvalue weighted by molar-refractivity contribution is -0.141.